The first-order valence-corrected chi connectivity index (χ1v) is 6.86. The highest BCUT2D eigenvalue weighted by atomic mass is 32.1. The first kappa shape index (κ1) is 10.7. The minimum absolute atomic E-state index is 0.698. The number of benzene rings is 1. The topological polar surface area (TPSA) is 12.4 Å². The molecule has 0 atom stereocenters. The molecular formula is C15H15NS. The Labute approximate surface area is 106 Å². The van der Waals surface area contributed by atoms with Crippen molar-refractivity contribution in [3.05, 3.63) is 40.4 Å². The summed E-state index contributed by atoms with van der Waals surface area (Å²) in [5.74, 6) is 0.698. The zero-order valence-electron chi connectivity index (χ0n) is 10.1. The van der Waals surface area contributed by atoms with Gasteiger partial charge in [-0.25, -0.2) is 0 Å². The van der Waals surface area contributed by atoms with Crippen molar-refractivity contribution < 1.29 is 0 Å². The lowest BCUT2D eigenvalue weighted by Crippen LogP contribution is -1.94. The summed E-state index contributed by atoms with van der Waals surface area (Å²) < 4.78 is 1.43. The molecule has 1 aromatic carbocycles. The van der Waals surface area contributed by atoms with Crippen molar-refractivity contribution in [2.75, 3.05) is 0 Å². The maximum absolute atomic E-state index is 4.27. The predicted molar refractivity (Wildman–Crippen MR) is 77.0 cm³/mol. The van der Waals surface area contributed by atoms with E-state index in [1.807, 2.05) is 23.8 Å². The van der Waals surface area contributed by atoms with Crippen molar-refractivity contribution >= 4 is 33.7 Å². The van der Waals surface area contributed by atoms with Crippen molar-refractivity contribution in [2.45, 2.75) is 20.3 Å². The lowest BCUT2D eigenvalue weighted by molar-refractivity contribution is 0.650. The standard InChI is InChI=1S/C15H15NS/c1-10(2)7-12-4-3-11-5-6-16-8-13-9-17-15(12)14(11)13/h3-6,8-10H,7H2,1-2H3. The fraction of sp³-hybridized carbons (Fsp3) is 0.267. The van der Waals surface area contributed by atoms with Gasteiger partial charge < -0.3 is 0 Å². The second-order valence-corrected chi connectivity index (χ2v) is 5.78. The van der Waals surface area contributed by atoms with Gasteiger partial charge in [0, 0.05) is 33.4 Å². The molecule has 17 heavy (non-hydrogen) atoms. The summed E-state index contributed by atoms with van der Waals surface area (Å²) >= 11 is 1.85. The Hall–Kier alpha value is -1.41. The van der Waals surface area contributed by atoms with E-state index in [1.165, 1.54) is 26.8 Å². The van der Waals surface area contributed by atoms with Gasteiger partial charge in [0.25, 0.3) is 0 Å². The Bertz CT molecular complexity index is 617. The number of rotatable bonds is 2. The van der Waals surface area contributed by atoms with Crippen molar-refractivity contribution in [1.29, 1.82) is 0 Å². The Kier molecular flexibility index (Phi) is 2.60. The van der Waals surface area contributed by atoms with Crippen LogP contribution in [-0.2, 0) is 6.42 Å². The van der Waals surface area contributed by atoms with Crippen LogP contribution in [0.1, 0.15) is 30.5 Å². The Morgan fingerprint density at radius 2 is 2.12 bits per heavy atom. The van der Waals surface area contributed by atoms with Gasteiger partial charge in [-0.15, -0.1) is 11.3 Å². The molecule has 86 valence electrons. The van der Waals surface area contributed by atoms with Crippen LogP contribution in [0.2, 0.25) is 0 Å². The average Bonchev–Trinajstić information content (AvgIpc) is 2.60. The van der Waals surface area contributed by atoms with Crippen LogP contribution in [0.3, 0.4) is 0 Å². The van der Waals surface area contributed by atoms with Crippen molar-refractivity contribution in [3.63, 3.8) is 0 Å². The fourth-order valence-electron chi connectivity index (χ4n) is 2.34. The summed E-state index contributed by atoms with van der Waals surface area (Å²) in [6.07, 6.45) is 7.09. The molecule has 0 unspecified atom stereocenters. The van der Waals surface area contributed by atoms with Gasteiger partial charge in [0.2, 0.25) is 0 Å². The van der Waals surface area contributed by atoms with E-state index >= 15 is 0 Å². The summed E-state index contributed by atoms with van der Waals surface area (Å²) in [5, 5.41) is 3.60. The molecule has 1 aliphatic heterocycles. The number of thiophene rings is 1. The van der Waals surface area contributed by atoms with Crippen molar-refractivity contribution in [3.8, 4) is 0 Å². The van der Waals surface area contributed by atoms with E-state index in [2.05, 4.69) is 42.4 Å². The average molecular weight is 241 g/mol. The molecule has 2 heteroatoms. The third-order valence-corrected chi connectivity index (χ3v) is 4.12. The van der Waals surface area contributed by atoms with E-state index in [0.29, 0.717) is 5.92 Å². The van der Waals surface area contributed by atoms with Crippen LogP contribution in [-0.4, -0.2) is 6.21 Å². The molecule has 1 nitrogen and oxygen atoms in total. The molecule has 0 N–H and O–H groups in total. The smallest absolute Gasteiger partial charge is 0.0387 e. The van der Waals surface area contributed by atoms with Gasteiger partial charge in [-0.3, -0.25) is 4.99 Å². The number of hydrogen-bond donors (Lipinski definition) is 0. The summed E-state index contributed by atoms with van der Waals surface area (Å²) in [6.45, 7) is 4.54. The number of nitrogens with zero attached hydrogens (tertiary/aromatic N) is 1. The molecule has 0 saturated carbocycles. The third-order valence-electron chi connectivity index (χ3n) is 3.05. The molecule has 0 spiro atoms. The SMILES string of the molecule is CC(C)Cc1ccc2c3c(csc13)C=NC=C2. The molecule has 0 saturated heterocycles. The van der Waals surface area contributed by atoms with E-state index in [9.17, 15) is 0 Å². The van der Waals surface area contributed by atoms with Crippen LogP contribution in [0.5, 0.6) is 0 Å². The highest BCUT2D eigenvalue weighted by Gasteiger charge is 2.12. The van der Waals surface area contributed by atoms with Gasteiger partial charge in [-0.05, 0) is 29.5 Å². The number of aliphatic imine (C=N–C) groups is 1. The summed E-state index contributed by atoms with van der Waals surface area (Å²) in [5.41, 5.74) is 4.02. The molecule has 2 heterocycles. The quantitative estimate of drug-likeness (QED) is 0.734. The van der Waals surface area contributed by atoms with Gasteiger partial charge in [0.1, 0.15) is 0 Å². The summed E-state index contributed by atoms with van der Waals surface area (Å²) in [7, 11) is 0. The molecule has 0 aliphatic carbocycles. The lowest BCUT2D eigenvalue weighted by atomic mass is 9.98. The first-order valence-electron chi connectivity index (χ1n) is 5.98. The summed E-state index contributed by atoms with van der Waals surface area (Å²) in [6, 6.07) is 4.50. The van der Waals surface area contributed by atoms with Crippen LogP contribution in [0.25, 0.3) is 16.2 Å². The van der Waals surface area contributed by atoms with E-state index in [0.717, 1.165) is 6.42 Å². The zero-order valence-corrected chi connectivity index (χ0v) is 10.9. The monoisotopic (exact) mass is 241 g/mol. The van der Waals surface area contributed by atoms with Gasteiger partial charge in [0.15, 0.2) is 0 Å². The minimum Gasteiger partial charge on any atom is -0.264 e. The van der Waals surface area contributed by atoms with Crippen LogP contribution < -0.4 is 0 Å². The largest absolute Gasteiger partial charge is 0.264 e. The van der Waals surface area contributed by atoms with E-state index in [4.69, 9.17) is 0 Å². The Morgan fingerprint density at radius 1 is 1.24 bits per heavy atom. The van der Waals surface area contributed by atoms with Crippen LogP contribution in [0.15, 0.2) is 28.7 Å². The van der Waals surface area contributed by atoms with Crippen LogP contribution in [0.4, 0.5) is 0 Å². The minimum atomic E-state index is 0.698. The fourth-order valence-corrected chi connectivity index (χ4v) is 3.42. The van der Waals surface area contributed by atoms with E-state index in [-0.39, 0.29) is 0 Å². The van der Waals surface area contributed by atoms with E-state index < -0.39 is 0 Å². The molecule has 0 fully saturated rings. The zero-order chi connectivity index (χ0) is 11.8. The Morgan fingerprint density at radius 3 is 2.94 bits per heavy atom. The van der Waals surface area contributed by atoms with Crippen molar-refractivity contribution in [2.24, 2.45) is 10.9 Å². The van der Waals surface area contributed by atoms with Gasteiger partial charge in [-0.1, -0.05) is 26.0 Å². The molecule has 3 rings (SSSR count). The second kappa shape index (κ2) is 4.11. The van der Waals surface area contributed by atoms with Crippen LogP contribution >= 0.6 is 11.3 Å². The normalized spacial score (nSPS) is 13.6. The summed E-state index contributed by atoms with van der Waals surface area (Å²) in [4.78, 5) is 4.27. The number of hydrogen-bond acceptors (Lipinski definition) is 2. The predicted octanol–water partition coefficient (Wildman–Crippen LogP) is 4.50. The lowest BCUT2D eigenvalue weighted by Gasteiger charge is -2.08. The van der Waals surface area contributed by atoms with Crippen molar-refractivity contribution in [1.82, 2.24) is 0 Å². The first-order chi connectivity index (χ1) is 8.25. The van der Waals surface area contributed by atoms with E-state index in [1.54, 1.807) is 0 Å². The maximum atomic E-state index is 4.27. The second-order valence-electron chi connectivity index (χ2n) is 4.90. The third kappa shape index (κ3) is 1.83. The highest BCUT2D eigenvalue weighted by molar-refractivity contribution is 7.17. The molecule has 0 amide bonds. The molecule has 1 aromatic heterocycles. The molecule has 2 aromatic rings. The Balaban J connectivity index is 2.26. The van der Waals surface area contributed by atoms with Gasteiger partial charge in [0.05, 0.1) is 0 Å². The maximum Gasteiger partial charge on any atom is 0.0387 e. The molecule has 1 aliphatic rings. The highest BCUT2D eigenvalue weighted by Crippen LogP contribution is 2.34. The van der Waals surface area contributed by atoms with Gasteiger partial charge in [-0.2, -0.15) is 0 Å². The molecule has 0 radical (unpaired) electrons. The van der Waals surface area contributed by atoms with Crippen LogP contribution in [0, 0.1) is 5.92 Å². The van der Waals surface area contributed by atoms with Gasteiger partial charge >= 0.3 is 0 Å². The molecular weight excluding hydrogens is 226 g/mol. The molecule has 0 bridgehead atoms.